The van der Waals surface area contributed by atoms with Crippen LogP contribution in [-0.2, 0) is 16.6 Å². The van der Waals surface area contributed by atoms with Crippen LogP contribution >= 0.6 is 0 Å². The van der Waals surface area contributed by atoms with Gasteiger partial charge >= 0.3 is 0 Å². The highest BCUT2D eigenvalue weighted by Gasteiger charge is 2.25. The lowest BCUT2D eigenvalue weighted by Gasteiger charge is -2.20. The molecule has 0 unspecified atom stereocenters. The van der Waals surface area contributed by atoms with Crippen LogP contribution < -0.4 is 14.8 Å². The Bertz CT molecular complexity index is 998. The van der Waals surface area contributed by atoms with Crippen molar-refractivity contribution in [3.8, 4) is 11.5 Å². The molecular formula is C21H24N2O5S. The van der Waals surface area contributed by atoms with Crippen LogP contribution in [-0.4, -0.2) is 38.5 Å². The van der Waals surface area contributed by atoms with E-state index in [0.29, 0.717) is 36.7 Å². The average molecular weight is 416 g/mol. The molecule has 2 aliphatic heterocycles. The van der Waals surface area contributed by atoms with Crippen molar-refractivity contribution in [2.75, 3.05) is 19.9 Å². The predicted molar refractivity (Wildman–Crippen MR) is 107 cm³/mol. The summed E-state index contributed by atoms with van der Waals surface area (Å²) in [5.74, 6) is 1.02. The van der Waals surface area contributed by atoms with Gasteiger partial charge in [0.15, 0.2) is 11.5 Å². The number of hydrogen-bond donors (Lipinski definition) is 1. The zero-order chi connectivity index (χ0) is 20.3. The number of nitrogens with one attached hydrogen (secondary N) is 1. The van der Waals surface area contributed by atoms with Gasteiger partial charge in [-0.3, -0.25) is 4.79 Å². The van der Waals surface area contributed by atoms with Crippen LogP contribution in [0.1, 0.15) is 41.6 Å². The van der Waals surface area contributed by atoms with Crippen LogP contribution in [0.5, 0.6) is 11.5 Å². The summed E-state index contributed by atoms with van der Waals surface area (Å²) in [5.41, 5.74) is 1.19. The zero-order valence-electron chi connectivity index (χ0n) is 16.1. The Morgan fingerprint density at radius 1 is 0.966 bits per heavy atom. The molecule has 8 heteroatoms. The highest BCUT2D eigenvalue weighted by atomic mass is 32.2. The summed E-state index contributed by atoms with van der Waals surface area (Å²) < 4.78 is 38.1. The Kier molecular flexibility index (Phi) is 5.73. The second kappa shape index (κ2) is 8.42. The summed E-state index contributed by atoms with van der Waals surface area (Å²) in [7, 11) is -3.59. The van der Waals surface area contributed by atoms with E-state index in [1.807, 2.05) is 12.1 Å². The monoisotopic (exact) mass is 416 g/mol. The Balaban J connectivity index is 1.45. The average Bonchev–Trinajstić information content (AvgIpc) is 3.02. The number of benzene rings is 2. The molecule has 0 radical (unpaired) electrons. The first-order valence-electron chi connectivity index (χ1n) is 9.81. The van der Waals surface area contributed by atoms with Gasteiger partial charge in [-0.1, -0.05) is 25.0 Å². The van der Waals surface area contributed by atoms with E-state index < -0.39 is 10.0 Å². The second-order valence-corrected chi connectivity index (χ2v) is 9.15. The fourth-order valence-electron chi connectivity index (χ4n) is 3.56. The van der Waals surface area contributed by atoms with Crippen molar-refractivity contribution in [2.24, 2.45) is 0 Å². The summed E-state index contributed by atoms with van der Waals surface area (Å²) in [6.45, 7) is 1.56. The molecule has 154 valence electrons. The topological polar surface area (TPSA) is 84.9 Å². The van der Waals surface area contributed by atoms with Gasteiger partial charge in [-0.15, -0.1) is 0 Å². The number of carbonyl (C=O) groups is 1. The predicted octanol–water partition coefficient (Wildman–Crippen LogP) is 2.91. The third kappa shape index (κ3) is 4.38. The minimum Gasteiger partial charge on any atom is -0.454 e. The van der Waals surface area contributed by atoms with Crippen molar-refractivity contribution in [3.05, 3.63) is 53.6 Å². The van der Waals surface area contributed by atoms with E-state index in [1.165, 1.54) is 10.4 Å². The molecule has 0 aromatic heterocycles. The van der Waals surface area contributed by atoms with Crippen molar-refractivity contribution in [3.63, 3.8) is 0 Å². The number of fused-ring (bicyclic) bond motifs is 1. The second-order valence-electron chi connectivity index (χ2n) is 7.22. The van der Waals surface area contributed by atoms with Crippen LogP contribution in [0.25, 0.3) is 0 Å². The smallest absolute Gasteiger partial charge is 0.251 e. The van der Waals surface area contributed by atoms with E-state index in [-0.39, 0.29) is 17.6 Å². The number of rotatable bonds is 5. The number of hydrogen-bond acceptors (Lipinski definition) is 5. The van der Waals surface area contributed by atoms with Crippen LogP contribution in [0.15, 0.2) is 47.4 Å². The third-order valence-electron chi connectivity index (χ3n) is 5.19. The number of sulfonamides is 1. The molecule has 1 N–H and O–H groups in total. The van der Waals surface area contributed by atoms with Crippen LogP contribution in [0.4, 0.5) is 0 Å². The molecule has 29 heavy (non-hydrogen) atoms. The molecule has 7 nitrogen and oxygen atoms in total. The lowest BCUT2D eigenvalue weighted by atomic mass is 10.2. The van der Waals surface area contributed by atoms with E-state index in [1.54, 1.807) is 24.3 Å². The van der Waals surface area contributed by atoms with E-state index in [2.05, 4.69) is 5.32 Å². The van der Waals surface area contributed by atoms with Crippen LogP contribution in [0.3, 0.4) is 0 Å². The van der Waals surface area contributed by atoms with Crippen molar-refractivity contribution in [2.45, 2.75) is 37.1 Å². The number of carbonyl (C=O) groups excluding carboxylic acids is 1. The molecule has 2 aromatic rings. The van der Waals surface area contributed by atoms with Gasteiger partial charge in [-0.2, -0.15) is 4.31 Å². The highest BCUT2D eigenvalue weighted by molar-refractivity contribution is 7.89. The maximum absolute atomic E-state index is 13.0. The highest BCUT2D eigenvalue weighted by Crippen LogP contribution is 2.32. The van der Waals surface area contributed by atoms with Crippen molar-refractivity contribution >= 4 is 15.9 Å². The lowest BCUT2D eigenvalue weighted by Crippen LogP contribution is -2.32. The summed E-state index contributed by atoms with van der Waals surface area (Å²) in [6, 6.07) is 11.7. The Morgan fingerprint density at radius 3 is 2.52 bits per heavy atom. The van der Waals surface area contributed by atoms with E-state index in [0.717, 1.165) is 31.2 Å². The van der Waals surface area contributed by atoms with Gasteiger partial charge in [0.25, 0.3) is 5.91 Å². The maximum Gasteiger partial charge on any atom is 0.251 e. The minimum atomic E-state index is -3.59. The molecule has 2 aliphatic rings. The molecule has 0 bridgehead atoms. The van der Waals surface area contributed by atoms with Gasteiger partial charge in [-0.05, 0) is 48.7 Å². The lowest BCUT2D eigenvalue weighted by molar-refractivity contribution is 0.0950. The summed E-state index contributed by atoms with van der Waals surface area (Å²) in [6.07, 6.45) is 3.84. The molecular weight excluding hydrogens is 392 g/mol. The van der Waals surface area contributed by atoms with Gasteiger partial charge < -0.3 is 14.8 Å². The summed E-state index contributed by atoms with van der Waals surface area (Å²) >= 11 is 0. The SMILES string of the molecule is O=C(NCc1ccc2c(c1)OCO2)c1cccc(S(=O)(=O)N2CCCCCC2)c1. The zero-order valence-corrected chi connectivity index (χ0v) is 16.9. The molecule has 1 saturated heterocycles. The molecule has 1 amide bonds. The molecule has 0 spiro atoms. The first-order valence-corrected chi connectivity index (χ1v) is 11.2. The number of ether oxygens (including phenoxy) is 2. The van der Waals surface area contributed by atoms with E-state index in [9.17, 15) is 13.2 Å². The first kappa shape index (κ1) is 19.7. The molecule has 1 fully saturated rings. The molecule has 2 aromatic carbocycles. The van der Waals surface area contributed by atoms with Crippen LogP contribution in [0.2, 0.25) is 0 Å². The van der Waals surface area contributed by atoms with Crippen molar-refractivity contribution in [1.29, 1.82) is 0 Å². The fraction of sp³-hybridized carbons (Fsp3) is 0.381. The summed E-state index contributed by atoms with van der Waals surface area (Å²) in [5, 5.41) is 2.83. The molecule has 0 saturated carbocycles. The van der Waals surface area contributed by atoms with Crippen molar-refractivity contribution < 1.29 is 22.7 Å². The molecule has 0 atom stereocenters. The first-order chi connectivity index (χ1) is 14.0. The molecule has 4 rings (SSSR count). The van der Waals surface area contributed by atoms with Gasteiger partial charge in [0.1, 0.15) is 0 Å². The molecule has 2 heterocycles. The quantitative estimate of drug-likeness (QED) is 0.810. The number of amides is 1. The normalized spacial score (nSPS) is 17.0. The Morgan fingerprint density at radius 2 is 1.72 bits per heavy atom. The fourth-order valence-corrected chi connectivity index (χ4v) is 5.13. The van der Waals surface area contributed by atoms with E-state index in [4.69, 9.17) is 9.47 Å². The van der Waals surface area contributed by atoms with Gasteiger partial charge in [0.05, 0.1) is 4.90 Å². The minimum absolute atomic E-state index is 0.162. The third-order valence-corrected chi connectivity index (χ3v) is 7.08. The summed E-state index contributed by atoms with van der Waals surface area (Å²) in [4.78, 5) is 12.7. The number of nitrogens with zero attached hydrogens (tertiary/aromatic N) is 1. The largest absolute Gasteiger partial charge is 0.454 e. The van der Waals surface area contributed by atoms with Gasteiger partial charge in [0, 0.05) is 25.2 Å². The standard InChI is InChI=1S/C21H24N2O5S/c24-21(22-14-16-8-9-19-20(12-16)28-15-27-19)17-6-5-7-18(13-17)29(25,26)23-10-3-1-2-4-11-23/h5-9,12-13H,1-4,10-11,14-15H2,(H,22,24). The van der Waals surface area contributed by atoms with Gasteiger partial charge in [0.2, 0.25) is 16.8 Å². The van der Waals surface area contributed by atoms with Crippen LogP contribution in [0, 0.1) is 0 Å². The van der Waals surface area contributed by atoms with Crippen molar-refractivity contribution in [1.82, 2.24) is 9.62 Å². The Hall–Kier alpha value is -2.58. The van der Waals surface area contributed by atoms with E-state index >= 15 is 0 Å². The molecule has 0 aliphatic carbocycles. The van der Waals surface area contributed by atoms with Gasteiger partial charge in [-0.25, -0.2) is 8.42 Å². The maximum atomic E-state index is 13.0. The Labute approximate surface area is 170 Å².